The Balaban J connectivity index is 2.74. The smallest absolute Gasteiger partial charge is 0.416 e. The summed E-state index contributed by atoms with van der Waals surface area (Å²) >= 11 is 0. The predicted octanol–water partition coefficient (Wildman–Crippen LogP) is 2.63. The van der Waals surface area contributed by atoms with Gasteiger partial charge in [0.15, 0.2) is 6.10 Å². The summed E-state index contributed by atoms with van der Waals surface area (Å²) in [5, 5.41) is 4.09. The lowest BCUT2D eigenvalue weighted by atomic mass is 10.1. The highest BCUT2D eigenvalue weighted by molar-refractivity contribution is 7.85. The number of alkyl halides is 3. The number of halogens is 3. The molecule has 152 valence electrons. The van der Waals surface area contributed by atoms with Crippen molar-refractivity contribution in [3.05, 3.63) is 29.8 Å². The fourth-order valence-electron chi connectivity index (χ4n) is 1.93. The van der Waals surface area contributed by atoms with Crippen molar-refractivity contribution in [1.82, 2.24) is 5.32 Å². The van der Waals surface area contributed by atoms with Crippen molar-refractivity contribution in [3.63, 3.8) is 0 Å². The lowest BCUT2D eigenvalue weighted by molar-refractivity contribution is -0.137. The van der Waals surface area contributed by atoms with Crippen molar-refractivity contribution in [1.29, 1.82) is 0 Å². The molecule has 0 fully saturated rings. The van der Waals surface area contributed by atoms with Gasteiger partial charge in [0.05, 0.1) is 5.56 Å². The molecule has 0 saturated heterocycles. The normalized spacial score (nSPS) is 13.1. The van der Waals surface area contributed by atoms with Crippen molar-refractivity contribution < 1.29 is 40.5 Å². The molecule has 0 aromatic heterocycles. The molecule has 0 radical (unpaired) electrons. The van der Waals surface area contributed by atoms with Crippen LogP contribution in [-0.4, -0.2) is 37.0 Å². The van der Waals surface area contributed by atoms with Crippen LogP contribution in [0.3, 0.4) is 0 Å². The van der Waals surface area contributed by atoms with Gasteiger partial charge in [-0.15, -0.1) is 0 Å². The molecule has 0 saturated carbocycles. The molecule has 0 heterocycles. The van der Waals surface area contributed by atoms with E-state index in [1.807, 2.05) is 5.32 Å². The minimum absolute atomic E-state index is 0.00893. The van der Waals surface area contributed by atoms with Gasteiger partial charge in [-0.25, -0.2) is 4.79 Å². The maximum absolute atomic E-state index is 12.5. The summed E-state index contributed by atoms with van der Waals surface area (Å²) in [5.41, 5.74) is -0.890. The molecule has 1 aromatic carbocycles. The highest BCUT2D eigenvalue weighted by atomic mass is 32.2. The van der Waals surface area contributed by atoms with Crippen LogP contribution in [0, 0.1) is 5.92 Å². The summed E-state index contributed by atoms with van der Waals surface area (Å²) in [5.74, 6) is -2.10. The van der Waals surface area contributed by atoms with Crippen molar-refractivity contribution in [2.45, 2.75) is 32.5 Å². The second-order valence-corrected chi connectivity index (χ2v) is 7.44. The van der Waals surface area contributed by atoms with Crippen LogP contribution >= 0.6 is 0 Å². The van der Waals surface area contributed by atoms with Crippen LogP contribution < -0.4 is 10.6 Å². The summed E-state index contributed by atoms with van der Waals surface area (Å²) < 4.78 is 72.4. The number of anilines is 1. The number of nitrogens with one attached hydrogen (secondary N) is 2. The third-order valence-electron chi connectivity index (χ3n) is 3.11. The van der Waals surface area contributed by atoms with E-state index < -0.39 is 45.8 Å². The van der Waals surface area contributed by atoms with Crippen LogP contribution in [0.15, 0.2) is 24.3 Å². The molecule has 1 aromatic rings. The Morgan fingerprint density at radius 1 is 1.19 bits per heavy atom. The Morgan fingerprint density at radius 2 is 1.74 bits per heavy atom. The lowest BCUT2D eigenvalue weighted by Crippen LogP contribution is -2.41. The van der Waals surface area contributed by atoms with Gasteiger partial charge in [-0.2, -0.15) is 21.6 Å². The van der Waals surface area contributed by atoms with Gasteiger partial charge in [-0.1, -0.05) is 13.8 Å². The molecule has 27 heavy (non-hydrogen) atoms. The third-order valence-corrected chi connectivity index (χ3v) is 3.62. The van der Waals surface area contributed by atoms with E-state index in [1.54, 1.807) is 13.8 Å². The number of carbonyl (C=O) groups is 2. The van der Waals surface area contributed by atoms with Crippen LogP contribution in [0.4, 0.5) is 23.7 Å². The summed E-state index contributed by atoms with van der Waals surface area (Å²) in [7, 11) is -4.45. The van der Waals surface area contributed by atoms with Crippen molar-refractivity contribution in [3.8, 4) is 0 Å². The summed E-state index contributed by atoms with van der Waals surface area (Å²) in [6.45, 7) is 3.44. The molecule has 0 spiro atoms. The maximum Gasteiger partial charge on any atom is 0.416 e. The monoisotopic (exact) mass is 412 g/mol. The minimum Gasteiger partial charge on any atom is -0.436 e. The van der Waals surface area contributed by atoms with E-state index in [9.17, 15) is 31.2 Å². The van der Waals surface area contributed by atoms with Crippen molar-refractivity contribution in [2.75, 3.05) is 11.2 Å². The Hall–Kier alpha value is -2.34. The molecular weight excluding hydrogens is 393 g/mol. The van der Waals surface area contributed by atoms with Crippen molar-refractivity contribution in [2.24, 2.45) is 5.92 Å². The van der Waals surface area contributed by atoms with Gasteiger partial charge in [0.25, 0.3) is 16.0 Å². The molecule has 1 atom stereocenters. The number of hydrogen-bond acceptors (Lipinski definition) is 5. The van der Waals surface area contributed by atoms with Gasteiger partial charge in [0.1, 0.15) is 5.88 Å². The van der Waals surface area contributed by atoms with Gasteiger partial charge in [-0.3, -0.25) is 14.7 Å². The van der Waals surface area contributed by atoms with Crippen LogP contribution in [0.2, 0.25) is 0 Å². The van der Waals surface area contributed by atoms with E-state index in [-0.39, 0.29) is 18.0 Å². The Kier molecular flexibility index (Phi) is 7.60. The molecule has 1 unspecified atom stereocenters. The number of rotatable bonds is 7. The van der Waals surface area contributed by atoms with Gasteiger partial charge in [-0.05, 0) is 36.6 Å². The molecule has 1 rings (SSSR count). The molecule has 0 aliphatic carbocycles. The number of carbonyl (C=O) groups excluding carboxylic acids is 2. The van der Waals surface area contributed by atoms with Gasteiger partial charge in [0, 0.05) is 5.69 Å². The molecule has 8 nitrogen and oxygen atoms in total. The zero-order valence-corrected chi connectivity index (χ0v) is 15.2. The van der Waals surface area contributed by atoms with E-state index in [0.29, 0.717) is 0 Å². The van der Waals surface area contributed by atoms with E-state index in [0.717, 1.165) is 24.3 Å². The Bertz CT molecular complexity index is 763. The average molecular weight is 412 g/mol. The fraction of sp³-hybridized carbons (Fsp3) is 0.467. The topological polar surface area (TPSA) is 122 Å². The van der Waals surface area contributed by atoms with Crippen LogP contribution in [0.5, 0.6) is 0 Å². The van der Waals surface area contributed by atoms with Gasteiger partial charge in [0.2, 0.25) is 0 Å². The molecule has 0 aliphatic rings. The van der Waals surface area contributed by atoms with Gasteiger partial charge >= 0.3 is 12.3 Å². The predicted molar refractivity (Wildman–Crippen MR) is 89.3 cm³/mol. The van der Waals surface area contributed by atoms with Crippen LogP contribution in [0.1, 0.15) is 25.8 Å². The van der Waals surface area contributed by atoms with Crippen molar-refractivity contribution >= 4 is 27.8 Å². The largest absolute Gasteiger partial charge is 0.436 e. The molecule has 2 amide bonds. The number of ether oxygens (including phenoxy) is 1. The second kappa shape index (κ2) is 9.04. The Morgan fingerprint density at radius 3 is 2.19 bits per heavy atom. The highest BCUT2D eigenvalue weighted by Gasteiger charge is 2.30. The molecule has 3 N–H and O–H groups in total. The minimum atomic E-state index is -4.52. The zero-order chi connectivity index (χ0) is 20.8. The number of benzene rings is 1. The molecule has 12 heteroatoms. The lowest BCUT2D eigenvalue weighted by Gasteiger charge is -2.19. The standard InChI is InChI=1S/C15H19F3N2O6S/c1-9(2)7-12(13(21)19-8-27(23,24)25)26-14(22)20-11-5-3-10(4-6-11)15(16,17)18/h3-6,9,12H,7-8H2,1-2H3,(H,19,21)(H,20,22)(H,23,24,25). The first-order valence-corrected chi connectivity index (χ1v) is 9.26. The van der Waals surface area contributed by atoms with E-state index in [2.05, 4.69) is 5.32 Å². The highest BCUT2D eigenvalue weighted by Crippen LogP contribution is 2.29. The molecular formula is C15H19F3N2O6S. The van der Waals surface area contributed by atoms with Crippen LogP contribution in [-0.2, 0) is 25.8 Å². The van der Waals surface area contributed by atoms with E-state index in [4.69, 9.17) is 9.29 Å². The first-order chi connectivity index (χ1) is 12.3. The third kappa shape index (κ3) is 8.73. The SMILES string of the molecule is CC(C)CC(OC(=O)Nc1ccc(C(F)(F)F)cc1)C(=O)NCS(=O)(=O)O. The van der Waals surface area contributed by atoms with E-state index in [1.165, 1.54) is 0 Å². The first-order valence-electron chi connectivity index (χ1n) is 7.65. The van der Waals surface area contributed by atoms with Gasteiger partial charge < -0.3 is 10.1 Å². The second-order valence-electron chi connectivity index (χ2n) is 5.99. The average Bonchev–Trinajstić information content (AvgIpc) is 2.50. The number of hydrogen-bond donors (Lipinski definition) is 3. The summed E-state index contributed by atoms with van der Waals surface area (Å²) in [6.07, 6.45) is -6.94. The zero-order valence-electron chi connectivity index (χ0n) is 14.4. The van der Waals surface area contributed by atoms with E-state index >= 15 is 0 Å². The Labute approximate surface area is 153 Å². The molecule has 0 bridgehead atoms. The summed E-state index contributed by atoms with van der Waals surface area (Å²) in [4.78, 5) is 23.8. The summed E-state index contributed by atoms with van der Waals surface area (Å²) in [6, 6.07) is 3.56. The quantitative estimate of drug-likeness (QED) is 0.592. The number of amides is 2. The first kappa shape index (κ1) is 22.7. The molecule has 0 aliphatic heterocycles. The van der Waals surface area contributed by atoms with Crippen LogP contribution in [0.25, 0.3) is 0 Å². The fourth-order valence-corrected chi connectivity index (χ4v) is 2.26. The maximum atomic E-state index is 12.5.